The SMILES string of the molecule is CCCCCCCCCCCCc1c(O)ccc(CCCCCC)c1CCCCCCCCC. The summed E-state index contributed by atoms with van der Waals surface area (Å²) >= 11 is 0. The van der Waals surface area contributed by atoms with Crippen LogP contribution in [-0.2, 0) is 19.3 Å². The quantitative estimate of drug-likeness (QED) is 0.148. The van der Waals surface area contributed by atoms with E-state index in [0.717, 1.165) is 6.42 Å². The highest BCUT2D eigenvalue weighted by atomic mass is 16.3. The second kappa shape index (κ2) is 22.5. The Hall–Kier alpha value is -0.980. The van der Waals surface area contributed by atoms with Crippen molar-refractivity contribution < 1.29 is 5.11 Å². The van der Waals surface area contributed by atoms with Gasteiger partial charge in [-0.15, -0.1) is 0 Å². The summed E-state index contributed by atoms with van der Waals surface area (Å²) in [7, 11) is 0. The third-order valence-electron chi connectivity index (χ3n) is 7.61. The standard InChI is InChI=1S/C33H60O/c1-4-7-10-13-15-16-17-19-21-24-27-32-31(26-23-20-18-14-11-8-5-2)30(28-29-33(32)34)25-22-12-9-6-3/h28-29,34H,4-27H2,1-3H3. The topological polar surface area (TPSA) is 20.2 Å². The first kappa shape index (κ1) is 31.1. The predicted octanol–water partition coefficient (Wildman–Crippen LogP) is 11.3. The van der Waals surface area contributed by atoms with Crippen LogP contribution in [0.4, 0.5) is 0 Å². The molecule has 198 valence electrons. The monoisotopic (exact) mass is 472 g/mol. The van der Waals surface area contributed by atoms with Crippen molar-refractivity contribution >= 4 is 0 Å². The smallest absolute Gasteiger partial charge is 0.119 e. The lowest BCUT2D eigenvalue weighted by Gasteiger charge is -2.17. The number of rotatable bonds is 24. The number of unbranched alkanes of at least 4 members (excludes halogenated alkanes) is 18. The summed E-state index contributed by atoms with van der Waals surface area (Å²) in [5, 5.41) is 10.8. The van der Waals surface area contributed by atoms with E-state index in [1.165, 1.54) is 164 Å². The molecule has 0 aliphatic heterocycles. The molecule has 1 N–H and O–H groups in total. The fraction of sp³-hybridized carbons (Fsp3) is 0.818. The Morgan fingerprint density at radius 3 is 1.24 bits per heavy atom. The minimum atomic E-state index is 0.561. The number of aromatic hydroxyl groups is 1. The molecule has 0 saturated heterocycles. The number of phenolic OH excluding ortho intramolecular Hbond substituents is 1. The molecular weight excluding hydrogens is 412 g/mol. The number of hydrogen-bond donors (Lipinski definition) is 1. The highest BCUT2D eigenvalue weighted by Crippen LogP contribution is 2.30. The van der Waals surface area contributed by atoms with Crippen LogP contribution in [-0.4, -0.2) is 5.11 Å². The molecule has 34 heavy (non-hydrogen) atoms. The van der Waals surface area contributed by atoms with Crippen molar-refractivity contribution in [3.05, 3.63) is 28.8 Å². The first-order valence-electron chi connectivity index (χ1n) is 15.6. The fourth-order valence-corrected chi connectivity index (χ4v) is 5.34. The van der Waals surface area contributed by atoms with Crippen molar-refractivity contribution in [2.45, 2.75) is 175 Å². The molecule has 0 aliphatic rings. The van der Waals surface area contributed by atoms with E-state index >= 15 is 0 Å². The molecule has 1 nitrogen and oxygen atoms in total. The minimum absolute atomic E-state index is 0.561. The van der Waals surface area contributed by atoms with Gasteiger partial charge in [0.15, 0.2) is 0 Å². The zero-order valence-corrected chi connectivity index (χ0v) is 23.6. The Morgan fingerprint density at radius 1 is 0.412 bits per heavy atom. The number of aryl methyl sites for hydroxylation is 1. The maximum Gasteiger partial charge on any atom is 0.119 e. The Labute approximate surface area is 214 Å². The van der Waals surface area contributed by atoms with Gasteiger partial charge in [-0.2, -0.15) is 0 Å². The van der Waals surface area contributed by atoms with Crippen molar-refractivity contribution in [2.24, 2.45) is 0 Å². The van der Waals surface area contributed by atoms with Crippen molar-refractivity contribution in [3.63, 3.8) is 0 Å². The van der Waals surface area contributed by atoms with Gasteiger partial charge in [0.05, 0.1) is 0 Å². The molecule has 1 aromatic rings. The molecule has 0 aromatic heterocycles. The fourth-order valence-electron chi connectivity index (χ4n) is 5.34. The summed E-state index contributed by atoms with van der Waals surface area (Å²) in [6, 6.07) is 4.23. The molecule has 0 amide bonds. The van der Waals surface area contributed by atoms with Crippen LogP contribution in [0.1, 0.15) is 172 Å². The lowest BCUT2D eigenvalue weighted by molar-refractivity contribution is 0.463. The van der Waals surface area contributed by atoms with Crippen LogP contribution in [0, 0.1) is 0 Å². The van der Waals surface area contributed by atoms with Crippen molar-refractivity contribution in [2.75, 3.05) is 0 Å². The van der Waals surface area contributed by atoms with E-state index in [2.05, 4.69) is 26.8 Å². The largest absolute Gasteiger partial charge is 0.508 e. The molecular formula is C33H60O. The molecule has 0 heterocycles. The average Bonchev–Trinajstić information content (AvgIpc) is 2.84. The molecule has 0 unspecified atom stereocenters. The van der Waals surface area contributed by atoms with Gasteiger partial charge in [0.25, 0.3) is 0 Å². The normalized spacial score (nSPS) is 11.4. The zero-order chi connectivity index (χ0) is 24.7. The molecule has 0 saturated carbocycles. The van der Waals surface area contributed by atoms with Gasteiger partial charge in [-0.05, 0) is 61.3 Å². The van der Waals surface area contributed by atoms with Crippen molar-refractivity contribution in [3.8, 4) is 5.75 Å². The Morgan fingerprint density at radius 2 is 0.765 bits per heavy atom. The van der Waals surface area contributed by atoms with Crippen LogP contribution in [0.3, 0.4) is 0 Å². The minimum Gasteiger partial charge on any atom is -0.508 e. The van der Waals surface area contributed by atoms with Crippen LogP contribution >= 0.6 is 0 Å². The van der Waals surface area contributed by atoms with E-state index in [9.17, 15) is 5.11 Å². The lowest BCUT2D eigenvalue weighted by Crippen LogP contribution is -2.03. The highest BCUT2D eigenvalue weighted by molar-refractivity contribution is 5.45. The second-order valence-corrected chi connectivity index (χ2v) is 10.8. The van der Waals surface area contributed by atoms with E-state index in [1.54, 1.807) is 0 Å². The van der Waals surface area contributed by atoms with Gasteiger partial charge in [-0.3, -0.25) is 0 Å². The number of phenols is 1. The van der Waals surface area contributed by atoms with Gasteiger partial charge in [0.1, 0.15) is 5.75 Å². The van der Waals surface area contributed by atoms with Crippen LogP contribution in [0.2, 0.25) is 0 Å². The molecule has 0 spiro atoms. The Bertz CT molecular complexity index is 576. The highest BCUT2D eigenvalue weighted by Gasteiger charge is 2.13. The van der Waals surface area contributed by atoms with Gasteiger partial charge in [0.2, 0.25) is 0 Å². The van der Waals surface area contributed by atoms with Crippen LogP contribution < -0.4 is 0 Å². The van der Waals surface area contributed by atoms with Gasteiger partial charge < -0.3 is 5.11 Å². The predicted molar refractivity (Wildman–Crippen MR) is 153 cm³/mol. The van der Waals surface area contributed by atoms with E-state index in [4.69, 9.17) is 0 Å². The summed E-state index contributed by atoms with van der Waals surface area (Å²) in [6.45, 7) is 6.87. The number of benzene rings is 1. The first-order chi connectivity index (χ1) is 16.7. The summed E-state index contributed by atoms with van der Waals surface area (Å²) in [4.78, 5) is 0. The molecule has 0 atom stereocenters. The van der Waals surface area contributed by atoms with Crippen LogP contribution in [0.5, 0.6) is 5.75 Å². The van der Waals surface area contributed by atoms with Gasteiger partial charge >= 0.3 is 0 Å². The van der Waals surface area contributed by atoms with Crippen LogP contribution in [0.25, 0.3) is 0 Å². The summed E-state index contributed by atoms with van der Waals surface area (Å²) in [5.74, 6) is 0.561. The Kier molecular flexibility index (Phi) is 20.5. The molecule has 0 bridgehead atoms. The Balaban J connectivity index is 2.53. The maximum atomic E-state index is 10.8. The molecule has 0 fully saturated rings. The molecule has 0 aliphatic carbocycles. The van der Waals surface area contributed by atoms with E-state index in [1.807, 2.05) is 6.07 Å². The van der Waals surface area contributed by atoms with Crippen LogP contribution in [0.15, 0.2) is 12.1 Å². The van der Waals surface area contributed by atoms with Crippen molar-refractivity contribution in [1.82, 2.24) is 0 Å². The summed E-state index contributed by atoms with van der Waals surface area (Å²) < 4.78 is 0. The average molecular weight is 473 g/mol. The van der Waals surface area contributed by atoms with E-state index < -0.39 is 0 Å². The zero-order valence-electron chi connectivity index (χ0n) is 23.6. The summed E-state index contributed by atoms with van der Waals surface area (Å²) in [5.41, 5.74) is 4.33. The van der Waals surface area contributed by atoms with Gasteiger partial charge in [-0.1, -0.05) is 142 Å². The van der Waals surface area contributed by atoms with Gasteiger partial charge in [-0.25, -0.2) is 0 Å². The molecule has 1 heteroatoms. The second-order valence-electron chi connectivity index (χ2n) is 10.8. The molecule has 0 radical (unpaired) electrons. The molecule has 1 aromatic carbocycles. The third-order valence-corrected chi connectivity index (χ3v) is 7.61. The lowest BCUT2D eigenvalue weighted by atomic mass is 9.89. The molecule has 1 rings (SSSR count). The van der Waals surface area contributed by atoms with E-state index in [-0.39, 0.29) is 0 Å². The van der Waals surface area contributed by atoms with E-state index in [0.29, 0.717) is 5.75 Å². The van der Waals surface area contributed by atoms with Crippen molar-refractivity contribution in [1.29, 1.82) is 0 Å². The number of hydrogen-bond acceptors (Lipinski definition) is 1. The third kappa shape index (κ3) is 15.1. The maximum absolute atomic E-state index is 10.8. The first-order valence-corrected chi connectivity index (χ1v) is 15.6. The van der Waals surface area contributed by atoms with Gasteiger partial charge in [0, 0.05) is 0 Å². The summed E-state index contributed by atoms with van der Waals surface area (Å²) in [6.07, 6.45) is 31.9.